The Balaban J connectivity index is 3.06. The smallest absolute Gasteiger partial charge is 0.307 e. The fourth-order valence-electron chi connectivity index (χ4n) is 1.74. The van der Waals surface area contributed by atoms with Gasteiger partial charge in [0.1, 0.15) is 11.6 Å². The van der Waals surface area contributed by atoms with Crippen LogP contribution in [0.1, 0.15) is 25.8 Å². The number of nitrogens with one attached hydrogen (secondary N) is 1. The van der Waals surface area contributed by atoms with Gasteiger partial charge >= 0.3 is 5.97 Å². The molecule has 0 heterocycles. The van der Waals surface area contributed by atoms with Crippen LogP contribution in [0.3, 0.4) is 0 Å². The monoisotopic (exact) mass is 257 g/mol. The van der Waals surface area contributed by atoms with E-state index in [4.69, 9.17) is 4.74 Å². The van der Waals surface area contributed by atoms with E-state index in [9.17, 15) is 13.6 Å². The summed E-state index contributed by atoms with van der Waals surface area (Å²) in [5, 5.41) is 2.84. The quantitative estimate of drug-likeness (QED) is 0.823. The highest BCUT2D eigenvalue weighted by Gasteiger charge is 2.31. The molecule has 100 valence electrons. The summed E-state index contributed by atoms with van der Waals surface area (Å²) < 4.78 is 31.8. The first-order chi connectivity index (χ1) is 8.42. The van der Waals surface area contributed by atoms with Gasteiger partial charge in [0.05, 0.1) is 18.6 Å². The summed E-state index contributed by atoms with van der Waals surface area (Å²) >= 11 is 0. The van der Waals surface area contributed by atoms with E-state index in [0.717, 1.165) is 18.2 Å². The summed E-state index contributed by atoms with van der Waals surface area (Å²) in [6, 6.07) is 3.18. The first kappa shape index (κ1) is 14.6. The normalized spacial score (nSPS) is 14.1. The van der Waals surface area contributed by atoms with E-state index in [1.54, 1.807) is 20.9 Å². The summed E-state index contributed by atoms with van der Waals surface area (Å²) in [6.07, 6.45) is -0.0717. The van der Waals surface area contributed by atoms with Gasteiger partial charge in [-0.2, -0.15) is 0 Å². The largest absolute Gasteiger partial charge is 0.466 e. The molecule has 1 N–H and O–H groups in total. The fourth-order valence-corrected chi connectivity index (χ4v) is 1.74. The van der Waals surface area contributed by atoms with E-state index >= 15 is 0 Å². The zero-order valence-electron chi connectivity index (χ0n) is 10.7. The highest BCUT2D eigenvalue weighted by atomic mass is 19.1. The maximum atomic E-state index is 13.7. The first-order valence-electron chi connectivity index (χ1n) is 5.73. The van der Waals surface area contributed by atoms with Crippen LogP contribution in [0.25, 0.3) is 0 Å². The molecule has 0 saturated carbocycles. The van der Waals surface area contributed by atoms with Crippen LogP contribution in [0.15, 0.2) is 18.2 Å². The first-order valence-corrected chi connectivity index (χ1v) is 5.73. The maximum absolute atomic E-state index is 13.7. The summed E-state index contributed by atoms with van der Waals surface area (Å²) in [7, 11) is 1.59. The number of esters is 1. The lowest BCUT2D eigenvalue weighted by atomic mass is 9.88. The zero-order chi connectivity index (χ0) is 13.8. The number of benzene rings is 1. The van der Waals surface area contributed by atoms with Gasteiger partial charge in [-0.3, -0.25) is 4.79 Å². The molecule has 0 radical (unpaired) electrons. The van der Waals surface area contributed by atoms with E-state index in [2.05, 4.69) is 5.32 Å². The van der Waals surface area contributed by atoms with Crippen molar-refractivity contribution in [3.8, 4) is 0 Å². The molecule has 0 aliphatic rings. The van der Waals surface area contributed by atoms with Crippen molar-refractivity contribution in [3.63, 3.8) is 0 Å². The van der Waals surface area contributed by atoms with Gasteiger partial charge in [0.2, 0.25) is 0 Å². The number of carbonyl (C=O) groups is 1. The highest BCUT2D eigenvalue weighted by molar-refractivity contribution is 5.71. The molecule has 18 heavy (non-hydrogen) atoms. The number of hydrogen-bond acceptors (Lipinski definition) is 3. The molecule has 1 atom stereocenters. The van der Waals surface area contributed by atoms with Gasteiger partial charge in [0.25, 0.3) is 0 Å². The van der Waals surface area contributed by atoms with E-state index in [1.165, 1.54) is 0 Å². The van der Waals surface area contributed by atoms with Gasteiger partial charge in [0, 0.05) is 5.56 Å². The Labute approximate surface area is 105 Å². The molecule has 1 rings (SSSR count). The SMILES string of the molecule is CCOC(=O)CC(C)(NC)c1cc(F)ccc1F. The van der Waals surface area contributed by atoms with Crippen LogP contribution in [-0.2, 0) is 15.1 Å². The van der Waals surface area contributed by atoms with Crippen molar-refractivity contribution in [1.29, 1.82) is 0 Å². The molecule has 1 aromatic carbocycles. The summed E-state index contributed by atoms with van der Waals surface area (Å²) in [5.41, 5.74) is -0.892. The summed E-state index contributed by atoms with van der Waals surface area (Å²) in [6.45, 7) is 3.57. The standard InChI is InChI=1S/C13H17F2NO2/c1-4-18-12(17)8-13(2,16-3)10-7-9(14)5-6-11(10)15/h5-7,16H,4,8H2,1-3H3. The number of halogens is 2. The third kappa shape index (κ3) is 3.26. The van der Waals surface area contributed by atoms with Crippen LogP contribution in [0.5, 0.6) is 0 Å². The Morgan fingerprint density at radius 3 is 2.67 bits per heavy atom. The topological polar surface area (TPSA) is 38.3 Å². The Morgan fingerprint density at radius 1 is 1.44 bits per heavy atom. The molecule has 0 aliphatic carbocycles. The predicted molar refractivity (Wildman–Crippen MR) is 64.0 cm³/mol. The van der Waals surface area contributed by atoms with Crippen LogP contribution in [0.2, 0.25) is 0 Å². The van der Waals surface area contributed by atoms with E-state index in [0.29, 0.717) is 0 Å². The third-order valence-electron chi connectivity index (χ3n) is 2.88. The third-order valence-corrected chi connectivity index (χ3v) is 2.88. The van der Waals surface area contributed by atoms with Crippen molar-refractivity contribution in [2.75, 3.05) is 13.7 Å². The van der Waals surface area contributed by atoms with Gasteiger partial charge < -0.3 is 10.1 Å². The van der Waals surface area contributed by atoms with Gasteiger partial charge in [0.15, 0.2) is 0 Å². The van der Waals surface area contributed by atoms with Crippen LogP contribution in [0.4, 0.5) is 8.78 Å². The molecule has 0 aliphatic heterocycles. The predicted octanol–water partition coefficient (Wildman–Crippen LogP) is 2.35. The average molecular weight is 257 g/mol. The lowest BCUT2D eigenvalue weighted by Crippen LogP contribution is -2.40. The van der Waals surface area contributed by atoms with Crippen molar-refractivity contribution in [2.24, 2.45) is 0 Å². The van der Waals surface area contributed by atoms with Crippen molar-refractivity contribution in [1.82, 2.24) is 5.32 Å². The molecule has 1 aromatic rings. The molecule has 1 unspecified atom stereocenters. The van der Waals surface area contributed by atoms with Crippen molar-refractivity contribution in [2.45, 2.75) is 25.8 Å². The van der Waals surface area contributed by atoms with E-state index < -0.39 is 23.1 Å². The van der Waals surface area contributed by atoms with Gasteiger partial charge in [-0.1, -0.05) is 0 Å². The lowest BCUT2D eigenvalue weighted by molar-refractivity contribution is -0.144. The molecule has 0 amide bonds. The molecule has 0 bridgehead atoms. The molecule has 0 saturated heterocycles. The molecule has 0 aromatic heterocycles. The maximum Gasteiger partial charge on any atom is 0.307 e. The van der Waals surface area contributed by atoms with Crippen LogP contribution >= 0.6 is 0 Å². The zero-order valence-corrected chi connectivity index (χ0v) is 10.7. The highest BCUT2D eigenvalue weighted by Crippen LogP contribution is 2.27. The fraction of sp³-hybridized carbons (Fsp3) is 0.462. The van der Waals surface area contributed by atoms with Crippen molar-refractivity contribution >= 4 is 5.97 Å². The Hall–Kier alpha value is -1.49. The second kappa shape index (κ2) is 5.91. The Kier molecular flexibility index (Phi) is 4.78. The van der Waals surface area contributed by atoms with Crippen LogP contribution < -0.4 is 5.32 Å². The van der Waals surface area contributed by atoms with Crippen molar-refractivity contribution in [3.05, 3.63) is 35.4 Å². The summed E-state index contributed by atoms with van der Waals surface area (Å²) in [5.74, 6) is -1.56. The Morgan fingerprint density at radius 2 is 2.11 bits per heavy atom. The number of hydrogen-bond donors (Lipinski definition) is 1. The molecule has 5 heteroatoms. The second-order valence-corrected chi connectivity index (χ2v) is 4.19. The minimum absolute atomic E-state index is 0.0717. The van der Waals surface area contributed by atoms with Gasteiger partial charge in [-0.15, -0.1) is 0 Å². The second-order valence-electron chi connectivity index (χ2n) is 4.19. The molecule has 3 nitrogen and oxygen atoms in total. The molecule has 0 fully saturated rings. The van der Waals surface area contributed by atoms with Gasteiger partial charge in [-0.25, -0.2) is 8.78 Å². The number of ether oxygens (including phenoxy) is 1. The average Bonchev–Trinajstić information content (AvgIpc) is 2.32. The number of carbonyl (C=O) groups excluding carboxylic acids is 1. The molecule has 0 spiro atoms. The lowest BCUT2D eigenvalue weighted by Gasteiger charge is -2.29. The molecular weight excluding hydrogens is 240 g/mol. The van der Waals surface area contributed by atoms with Gasteiger partial charge in [-0.05, 0) is 39.1 Å². The van der Waals surface area contributed by atoms with Crippen LogP contribution in [0, 0.1) is 11.6 Å². The number of rotatable bonds is 5. The van der Waals surface area contributed by atoms with Crippen LogP contribution in [-0.4, -0.2) is 19.6 Å². The minimum atomic E-state index is -1.00. The summed E-state index contributed by atoms with van der Waals surface area (Å²) in [4.78, 5) is 11.5. The van der Waals surface area contributed by atoms with E-state index in [1.807, 2.05) is 0 Å². The van der Waals surface area contributed by atoms with E-state index in [-0.39, 0.29) is 18.6 Å². The minimum Gasteiger partial charge on any atom is -0.466 e. The molecular formula is C13H17F2NO2. The Bertz CT molecular complexity index is 437. The van der Waals surface area contributed by atoms with Crippen molar-refractivity contribution < 1.29 is 18.3 Å².